The maximum absolute atomic E-state index is 13.3. The zero-order valence-corrected chi connectivity index (χ0v) is 19.6. The Morgan fingerprint density at radius 2 is 1.65 bits per heavy atom. The molecule has 7 nitrogen and oxygen atoms in total. The van der Waals surface area contributed by atoms with Gasteiger partial charge in [0.2, 0.25) is 5.13 Å². The van der Waals surface area contributed by atoms with E-state index in [1.165, 1.54) is 21.8 Å². The molecule has 1 fully saturated rings. The third-order valence-corrected chi connectivity index (χ3v) is 7.13. The van der Waals surface area contributed by atoms with E-state index >= 15 is 0 Å². The fraction of sp³-hybridized carbons (Fsp3) is 0.346. The van der Waals surface area contributed by atoms with Crippen LogP contribution in [0.2, 0.25) is 0 Å². The van der Waals surface area contributed by atoms with Crippen molar-refractivity contribution in [1.29, 1.82) is 0 Å². The number of amides is 1. The van der Waals surface area contributed by atoms with Gasteiger partial charge < -0.3 is 5.11 Å². The van der Waals surface area contributed by atoms with Crippen molar-refractivity contribution < 1.29 is 19.5 Å². The first kappa shape index (κ1) is 23.8. The molecule has 1 saturated carbocycles. The first-order chi connectivity index (χ1) is 16.5. The Morgan fingerprint density at radius 1 is 0.941 bits per heavy atom. The van der Waals surface area contributed by atoms with E-state index in [1.807, 2.05) is 42.5 Å². The molecule has 1 heterocycles. The molecule has 0 spiro atoms. The highest BCUT2D eigenvalue weighted by Gasteiger charge is 2.25. The predicted octanol–water partition coefficient (Wildman–Crippen LogP) is 5.21. The number of hydrogen-bond donors (Lipinski definition) is 1. The maximum Gasteiger partial charge on any atom is 0.303 e. The normalized spacial score (nSPS) is 17.8. The number of carboxylic acids is 1. The second-order valence-corrected chi connectivity index (χ2v) is 9.47. The standard InChI is InChI=1S/C26H27N3O4S/c30-23(21-4-2-1-3-5-21)14-15-29(26-28-27-17-34-26)25(33)22-12-10-20(11-13-22)19-8-6-18(7-9-19)16-24(31)32/h1-5,10-13,17-19H,6-9,14-16H2,(H,31,32). The smallest absolute Gasteiger partial charge is 0.303 e. The fourth-order valence-corrected chi connectivity index (χ4v) is 5.14. The van der Waals surface area contributed by atoms with Gasteiger partial charge in [0.1, 0.15) is 5.51 Å². The number of ketones is 1. The molecule has 3 aromatic rings. The van der Waals surface area contributed by atoms with Gasteiger partial charge in [0, 0.05) is 30.5 Å². The molecule has 0 radical (unpaired) electrons. The summed E-state index contributed by atoms with van der Waals surface area (Å²) in [7, 11) is 0. The van der Waals surface area contributed by atoms with Crippen molar-refractivity contribution >= 4 is 34.1 Å². The topological polar surface area (TPSA) is 100 Å². The first-order valence-electron chi connectivity index (χ1n) is 11.5. The van der Waals surface area contributed by atoms with E-state index < -0.39 is 5.97 Å². The molecule has 1 aliphatic carbocycles. The lowest BCUT2D eigenvalue weighted by molar-refractivity contribution is -0.138. The van der Waals surface area contributed by atoms with Crippen molar-refractivity contribution in [1.82, 2.24) is 10.2 Å². The van der Waals surface area contributed by atoms with Crippen molar-refractivity contribution in [2.45, 2.75) is 44.4 Å². The van der Waals surface area contributed by atoms with Crippen LogP contribution in [0, 0.1) is 5.92 Å². The molecule has 1 amide bonds. The van der Waals surface area contributed by atoms with E-state index in [-0.39, 0.29) is 37.0 Å². The van der Waals surface area contributed by atoms with Crippen LogP contribution >= 0.6 is 11.3 Å². The molecule has 34 heavy (non-hydrogen) atoms. The summed E-state index contributed by atoms with van der Waals surface area (Å²) in [4.78, 5) is 38.4. The Kier molecular flexibility index (Phi) is 7.80. The highest BCUT2D eigenvalue weighted by Crippen LogP contribution is 2.37. The number of benzene rings is 2. The Labute approximate surface area is 202 Å². The van der Waals surface area contributed by atoms with Gasteiger partial charge in [-0.2, -0.15) is 0 Å². The van der Waals surface area contributed by atoms with Gasteiger partial charge in [-0.05, 0) is 55.2 Å². The molecule has 2 aromatic carbocycles. The molecule has 0 bridgehead atoms. The number of carbonyl (C=O) groups excluding carboxylic acids is 2. The monoisotopic (exact) mass is 477 g/mol. The molecule has 0 saturated heterocycles. The molecular weight excluding hydrogens is 450 g/mol. The minimum atomic E-state index is -0.725. The summed E-state index contributed by atoms with van der Waals surface area (Å²) in [5.41, 5.74) is 3.89. The van der Waals surface area contributed by atoms with Crippen LogP contribution in [0.1, 0.15) is 70.7 Å². The van der Waals surface area contributed by atoms with Gasteiger partial charge in [-0.1, -0.05) is 53.8 Å². The third-order valence-electron chi connectivity index (χ3n) is 6.42. The van der Waals surface area contributed by atoms with E-state index in [1.54, 1.807) is 17.6 Å². The SMILES string of the molecule is O=C(O)CC1CCC(c2ccc(C(=O)N(CCC(=O)c3ccccc3)c3nncs3)cc2)CC1. The Bertz CT molecular complexity index is 1110. The number of rotatable bonds is 9. The fourth-order valence-electron chi connectivity index (χ4n) is 4.55. The number of aliphatic carboxylic acids is 1. The number of nitrogens with zero attached hydrogens (tertiary/aromatic N) is 3. The number of aromatic nitrogens is 2. The van der Waals surface area contributed by atoms with Crippen molar-refractivity contribution in [3.8, 4) is 0 Å². The van der Waals surface area contributed by atoms with Gasteiger partial charge in [-0.3, -0.25) is 19.3 Å². The van der Waals surface area contributed by atoms with Gasteiger partial charge in [0.05, 0.1) is 0 Å². The van der Waals surface area contributed by atoms with Gasteiger partial charge >= 0.3 is 5.97 Å². The minimum absolute atomic E-state index is 0.0308. The van der Waals surface area contributed by atoms with E-state index in [0.29, 0.717) is 22.2 Å². The molecule has 0 atom stereocenters. The van der Waals surface area contributed by atoms with Crippen LogP contribution in [-0.4, -0.2) is 39.5 Å². The van der Waals surface area contributed by atoms with E-state index in [4.69, 9.17) is 5.11 Å². The summed E-state index contributed by atoms with van der Waals surface area (Å²) in [5, 5.41) is 17.4. The molecule has 0 unspecified atom stereocenters. The maximum atomic E-state index is 13.3. The summed E-state index contributed by atoms with van der Waals surface area (Å²) in [5.74, 6) is -0.325. The van der Waals surface area contributed by atoms with E-state index in [2.05, 4.69) is 10.2 Å². The summed E-state index contributed by atoms with van der Waals surface area (Å²) in [6.45, 7) is 0.219. The molecule has 176 valence electrons. The minimum Gasteiger partial charge on any atom is -0.481 e. The molecule has 1 N–H and O–H groups in total. The Balaban J connectivity index is 1.41. The number of anilines is 1. The average Bonchev–Trinajstić information content (AvgIpc) is 3.39. The van der Waals surface area contributed by atoms with Crippen molar-refractivity contribution in [2.24, 2.45) is 5.92 Å². The average molecular weight is 478 g/mol. The largest absolute Gasteiger partial charge is 0.481 e. The number of hydrogen-bond acceptors (Lipinski definition) is 6. The van der Waals surface area contributed by atoms with Crippen molar-refractivity contribution in [3.63, 3.8) is 0 Å². The molecule has 0 aliphatic heterocycles. The highest BCUT2D eigenvalue weighted by atomic mass is 32.1. The summed E-state index contributed by atoms with van der Waals surface area (Å²) < 4.78 is 0. The van der Waals surface area contributed by atoms with E-state index in [0.717, 1.165) is 25.7 Å². The summed E-state index contributed by atoms with van der Waals surface area (Å²) >= 11 is 1.26. The van der Waals surface area contributed by atoms with Gasteiger partial charge in [-0.15, -0.1) is 10.2 Å². The zero-order valence-electron chi connectivity index (χ0n) is 18.8. The van der Waals surface area contributed by atoms with E-state index in [9.17, 15) is 14.4 Å². The van der Waals surface area contributed by atoms with Crippen molar-refractivity contribution in [3.05, 3.63) is 76.8 Å². The summed E-state index contributed by atoms with van der Waals surface area (Å²) in [6.07, 6.45) is 4.19. The molecule has 1 aromatic heterocycles. The van der Waals surface area contributed by atoms with Crippen LogP contribution in [0.3, 0.4) is 0 Å². The van der Waals surface area contributed by atoms with Gasteiger partial charge in [0.25, 0.3) is 5.91 Å². The molecule has 1 aliphatic rings. The molecule has 4 rings (SSSR count). The van der Waals surface area contributed by atoms with Gasteiger partial charge in [0.15, 0.2) is 5.78 Å². The van der Waals surface area contributed by atoms with Gasteiger partial charge in [-0.25, -0.2) is 0 Å². The Hall–Kier alpha value is -3.39. The second-order valence-electron chi connectivity index (χ2n) is 8.65. The van der Waals surface area contributed by atoms with Crippen LogP contribution in [0.15, 0.2) is 60.1 Å². The molecular formula is C26H27N3O4S. The van der Waals surface area contributed by atoms with Crippen LogP contribution in [0.25, 0.3) is 0 Å². The number of carbonyl (C=O) groups is 3. The number of Topliss-reactive ketones (excluding diaryl/α,β-unsaturated/α-hetero) is 1. The van der Waals surface area contributed by atoms with Crippen LogP contribution in [0.4, 0.5) is 5.13 Å². The Morgan fingerprint density at radius 3 is 2.26 bits per heavy atom. The quantitative estimate of drug-likeness (QED) is 0.425. The first-order valence-corrected chi connectivity index (χ1v) is 12.4. The lowest BCUT2D eigenvalue weighted by atomic mass is 9.77. The highest BCUT2D eigenvalue weighted by molar-refractivity contribution is 7.13. The molecule has 8 heteroatoms. The lowest BCUT2D eigenvalue weighted by Crippen LogP contribution is -2.33. The van der Waals surface area contributed by atoms with Crippen LogP contribution in [0.5, 0.6) is 0 Å². The summed E-state index contributed by atoms with van der Waals surface area (Å²) in [6, 6.07) is 16.7. The lowest BCUT2D eigenvalue weighted by Gasteiger charge is -2.28. The zero-order chi connectivity index (χ0) is 23.9. The third kappa shape index (κ3) is 5.94. The van der Waals surface area contributed by atoms with Crippen molar-refractivity contribution in [2.75, 3.05) is 11.4 Å². The van der Waals surface area contributed by atoms with Crippen LogP contribution in [-0.2, 0) is 4.79 Å². The predicted molar refractivity (Wildman–Crippen MR) is 130 cm³/mol. The second kappa shape index (κ2) is 11.2. The number of carboxylic acid groups (broad SMARTS) is 1. The van der Waals surface area contributed by atoms with Crippen LogP contribution < -0.4 is 4.90 Å².